The number of hydrogen-bond acceptors (Lipinski definition) is 5. The zero-order chi connectivity index (χ0) is 16.1. The summed E-state index contributed by atoms with van der Waals surface area (Å²) in [6.45, 7) is 0. The van der Waals surface area contributed by atoms with E-state index in [4.69, 9.17) is 0 Å². The van der Waals surface area contributed by atoms with Crippen molar-refractivity contribution >= 4 is 11.8 Å². The molecular formula is C15H19N5O2S. The molecule has 122 valence electrons. The minimum absolute atomic E-state index is 0.272. The van der Waals surface area contributed by atoms with Gasteiger partial charge in [-0.25, -0.2) is 4.79 Å². The van der Waals surface area contributed by atoms with Gasteiger partial charge in [0.25, 0.3) is 5.56 Å². The molecule has 2 aliphatic carbocycles. The van der Waals surface area contributed by atoms with Crippen molar-refractivity contribution in [1.29, 1.82) is 0 Å². The first-order chi connectivity index (χ1) is 11.1. The first kappa shape index (κ1) is 14.7. The molecule has 0 spiro atoms. The van der Waals surface area contributed by atoms with Crippen LogP contribution in [0.5, 0.6) is 0 Å². The summed E-state index contributed by atoms with van der Waals surface area (Å²) in [5, 5.41) is 9.64. The fourth-order valence-corrected chi connectivity index (χ4v) is 3.77. The van der Waals surface area contributed by atoms with Crippen LogP contribution < -0.4 is 11.2 Å². The Morgan fingerprint density at radius 1 is 1.13 bits per heavy atom. The van der Waals surface area contributed by atoms with Crippen molar-refractivity contribution in [3.05, 3.63) is 38.4 Å². The summed E-state index contributed by atoms with van der Waals surface area (Å²) in [5.41, 5.74) is 0.142. The maximum absolute atomic E-state index is 12.0. The Kier molecular flexibility index (Phi) is 3.44. The lowest BCUT2D eigenvalue weighted by Crippen LogP contribution is -2.37. The molecule has 23 heavy (non-hydrogen) atoms. The highest BCUT2D eigenvalue weighted by Gasteiger charge is 2.36. The first-order valence-electron chi connectivity index (χ1n) is 7.90. The van der Waals surface area contributed by atoms with Crippen molar-refractivity contribution in [2.24, 2.45) is 14.1 Å². The van der Waals surface area contributed by atoms with Crippen molar-refractivity contribution in [2.45, 2.75) is 48.6 Å². The first-order valence-corrected chi connectivity index (χ1v) is 8.88. The smallest absolute Gasteiger partial charge is 0.303 e. The molecule has 0 saturated heterocycles. The number of hydrogen-bond donors (Lipinski definition) is 0. The zero-order valence-corrected chi connectivity index (χ0v) is 14.0. The van der Waals surface area contributed by atoms with Crippen LogP contribution in [0.4, 0.5) is 0 Å². The van der Waals surface area contributed by atoms with Crippen LogP contribution >= 0.6 is 11.8 Å². The lowest BCUT2D eigenvalue weighted by Gasteiger charge is -2.10. The Morgan fingerprint density at radius 3 is 2.52 bits per heavy atom. The quantitative estimate of drug-likeness (QED) is 0.768. The summed E-state index contributed by atoms with van der Waals surface area (Å²) in [6, 6.07) is 2.06. The number of aromatic nitrogens is 5. The molecule has 0 aliphatic heterocycles. The highest BCUT2D eigenvalue weighted by atomic mass is 32.2. The summed E-state index contributed by atoms with van der Waals surface area (Å²) in [6.07, 6.45) is 4.79. The molecular weight excluding hydrogens is 314 g/mol. The number of rotatable bonds is 5. The van der Waals surface area contributed by atoms with E-state index in [9.17, 15) is 9.59 Å². The third-order valence-corrected chi connectivity index (χ3v) is 5.50. The van der Waals surface area contributed by atoms with Gasteiger partial charge in [0.2, 0.25) is 0 Å². The summed E-state index contributed by atoms with van der Waals surface area (Å²) in [5.74, 6) is 2.23. The predicted molar refractivity (Wildman–Crippen MR) is 86.8 cm³/mol. The van der Waals surface area contributed by atoms with Crippen LogP contribution in [-0.4, -0.2) is 23.9 Å². The van der Waals surface area contributed by atoms with Gasteiger partial charge in [0, 0.05) is 43.6 Å². The second-order valence-corrected chi connectivity index (χ2v) is 7.32. The van der Waals surface area contributed by atoms with Crippen LogP contribution in [0, 0.1) is 0 Å². The van der Waals surface area contributed by atoms with Gasteiger partial charge < -0.3 is 4.57 Å². The van der Waals surface area contributed by atoms with Gasteiger partial charge in [-0.2, -0.15) is 0 Å². The average Bonchev–Trinajstić information content (AvgIpc) is 3.46. The Balaban J connectivity index is 1.61. The molecule has 8 heteroatoms. The van der Waals surface area contributed by atoms with Gasteiger partial charge in [0.15, 0.2) is 5.16 Å². The molecule has 2 fully saturated rings. The van der Waals surface area contributed by atoms with Gasteiger partial charge in [0.05, 0.1) is 0 Å². The van der Waals surface area contributed by atoms with Gasteiger partial charge in [0.1, 0.15) is 5.82 Å². The standard InChI is InChI=1S/C15H19N5O2S/c1-18-11(7-12(21)19(2)15(18)22)8-23-14-17-16-13(9-3-4-9)20(14)10-5-6-10/h7,9-10H,3-6,8H2,1-2H3. The van der Waals surface area contributed by atoms with E-state index in [2.05, 4.69) is 14.8 Å². The molecule has 0 unspecified atom stereocenters. The molecule has 0 atom stereocenters. The third-order valence-electron chi connectivity index (χ3n) is 4.52. The fourth-order valence-electron chi connectivity index (χ4n) is 2.74. The second-order valence-electron chi connectivity index (χ2n) is 6.38. The molecule has 0 N–H and O–H groups in total. The highest BCUT2D eigenvalue weighted by molar-refractivity contribution is 7.98. The molecule has 2 aliphatic rings. The van der Waals surface area contributed by atoms with Crippen LogP contribution in [0.3, 0.4) is 0 Å². The van der Waals surface area contributed by atoms with E-state index >= 15 is 0 Å². The van der Waals surface area contributed by atoms with Crippen LogP contribution in [0.25, 0.3) is 0 Å². The number of nitrogens with zero attached hydrogens (tertiary/aromatic N) is 5. The van der Waals surface area contributed by atoms with Gasteiger partial charge in [-0.3, -0.25) is 13.9 Å². The predicted octanol–water partition coefficient (Wildman–Crippen LogP) is 1.18. The average molecular weight is 333 g/mol. The van der Waals surface area contributed by atoms with E-state index in [0.717, 1.165) is 15.5 Å². The van der Waals surface area contributed by atoms with Gasteiger partial charge >= 0.3 is 5.69 Å². The normalized spacial score (nSPS) is 17.7. The van der Waals surface area contributed by atoms with E-state index in [1.54, 1.807) is 18.8 Å². The van der Waals surface area contributed by atoms with Crippen LogP contribution in [-0.2, 0) is 19.8 Å². The Bertz CT molecular complexity index is 873. The Morgan fingerprint density at radius 2 is 1.87 bits per heavy atom. The van der Waals surface area contributed by atoms with Crippen molar-refractivity contribution in [3.63, 3.8) is 0 Å². The molecule has 0 aromatic carbocycles. The molecule has 4 rings (SSSR count). The maximum Gasteiger partial charge on any atom is 0.330 e. The lowest BCUT2D eigenvalue weighted by molar-refractivity contribution is 0.626. The van der Waals surface area contributed by atoms with Crippen molar-refractivity contribution in [2.75, 3.05) is 0 Å². The molecule has 2 aromatic rings. The summed E-state index contributed by atoms with van der Waals surface area (Å²) < 4.78 is 4.92. The fraction of sp³-hybridized carbons (Fsp3) is 0.600. The monoisotopic (exact) mass is 333 g/mol. The zero-order valence-electron chi connectivity index (χ0n) is 13.2. The lowest BCUT2D eigenvalue weighted by atomic mass is 10.4. The summed E-state index contributed by atoms with van der Waals surface area (Å²) >= 11 is 1.55. The third kappa shape index (κ3) is 2.65. The molecule has 2 saturated carbocycles. The van der Waals surface area contributed by atoms with Crippen LogP contribution in [0.2, 0.25) is 0 Å². The molecule has 2 aromatic heterocycles. The van der Waals surface area contributed by atoms with E-state index in [1.807, 2.05) is 0 Å². The van der Waals surface area contributed by atoms with E-state index in [-0.39, 0.29) is 11.2 Å². The van der Waals surface area contributed by atoms with Gasteiger partial charge in [-0.15, -0.1) is 10.2 Å². The van der Waals surface area contributed by atoms with Gasteiger partial charge in [-0.1, -0.05) is 11.8 Å². The van der Waals surface area contributed by atoms with E-state index in [0.29, 0.717) is 23.4 Å². The topological polar surface area (TPSA) is 74.7 Å². The molecule has 0 radical (unpaired) electrons. The Hall–Kier alpha value is -1.83. The minimum Gasteiger partial charge on any atom is -0.303 e. The van der Waals surface area contributed by atoms with Gasteiger partial charge in [-0.05, 0) is 25.7 Å². The molecule has 0 bridgehead atoms. The Labute approximate surface area is 137 Å². The largest absolute Gasteiger partial charge is 0.330 e. The number of thioether (sulfide) groups is 1. The van der Waals surface area contributed by atoms with E-state index in [1.165, 1.54) is 43.4 Å². The van der Waals surface area contributed by atoms with Crippen molar-refractivity contribution < 1.29 is 0 Å². The summed E-state index contributed by atoms with van der Waals surface area (Å²) in [4.78, 5) is 23.8. The van der Waals surface area contributed by atoms with Crippen LogP contribution in [0.1, 0.15) is 49.2 Å². The molecule has 0 amide bonds. The summed E-state index contributed by atoms with van der Waals surface area (Å²) in [7, 11) is 3.19. The maximum atomic E-state index is 12.0. The minimum atomic E-state index is -0.296. The second kappa shape index (κ2) is 5.36. The SMILES string of the molecule is Cn1c(CSc2nnc(C3CC3)n2C2CC2)cc(=O)n(C)c1=O. The van der Waals surface area contributed by atoms with Crippen LogP contribution in [0.15, 0.2) is 20.8 Å². The van der Waals surface area contributed by atoms with Crippen molar-refractivity contribution in [1.82, 2.24) is 23.9 Å². The molecule has 2 heterocycles. The van der Waals surface area contributed by atoms with Crippen molar-refractivity contribution in [3.8, 4) is 0 Å². The van der Waals surface area contributed by atoms with E-state index < -0.39 is 0 Å². The molecule has 7 nitrogen and oxygen atoms in total. The highest BCUT2D eigenvalue weighted by Crippen LogP contribution is 2.46.